The predicted molar refractivity (Wildman–Crippen MR) is 109 cm³/mol. The molecule has 2 rings (SSSR count). The van der Waals surface area contributed by atoms with E-state index in [4.69, 9.17) is 9.47 Å². The van der Waals surface area contributed by atoms with E-state index in [0.717, 1.165) is 10.7 Å². The Morgan fingerprint density at radius 3 is 2.66 bits per heavy atom. The van der Waals surface area contributed by atoms with Gasteiger partial charge in [-0.05, 0) is 36.1 Å². The minimum Gasteiger partial charge on any atom is -0.493 e. The zero-order chi connectivity index (χ0) is 21.4. The highest BCUT2D eigenvalue weighted by Gasteiger charge is 2.39. The minimum atomic E-state index is -0.928. The fourth-order valence-corrected chi connectivity index (χ4v) is 3.49. The van der Waals surface area contributed by atoms with Gasteiger partial charge in [0.25, 0.3) is 5.91 Å². The van der Waals surface area contributed by atoms with Crippen LogP contribution in [0.4, 0.5) is 4.79 Å². The van der Waals surface area contributed by atoms with Crippen LogP contribution in [0, 0.1) is 0 Å². The first-order valence-corrected chi connectivity index (χ1v) is 10.5. The number of nitrogens with zero attached hydrogens (tertiary/aromatic N) is 1. The largest absolute Gasteiger partial charge is 0.493 e. The van der Waals surface area contributed by atoms with Crippen molar-refractivity contribution in [3.63, 3.8) is 0 Å². The van der Waals surface area contributed by atoms with Gasteiger partial charge in [-0.25, -0.2) is 4.79 Å². The number of benzene rings is 1. The summed E-state index contributed by atoms with van der Waals surface area (Å²) in [5.41, 5.74) is 0.689. The molecule has 160 valence electrons. The Labute approximate surface area is 174 Å². The molecule has 1 aliphatic rings. The molecule has 4 amide bonds. The number of methoxy groups -OCH3 is 2. The molecular formula is C19H27N3O6S. The third kappa shape index (κ3) is 6.01. The summed E-state index contributed by atoms with van der Waals surface area (Å²) >= 11 is 1.62. The zero-order valence-electron chi connectivity index (χ0n) is 16.8. The summed E-state index contributed by atoms with van der Waals surface area (Å²) in [6.07, 6.45) is 2.39. The zero-order valence-corrected chi connectivity index (χ0v) is 17.6. The van der Waals surface area contributed by atoms with Crippen molar-refractivity contribution >= 4 is 29.6 Å². The molecule has 10 heteroatoms. The number of aliphatic hydroxyl groups excluding tert-OH is 1. The molecule has 3 N–H and O–H groups in total. The van der Waals surface area contributed by atoms with E-state index in [9.17, 15) is 19.5 Å². The van der Waals surface area contributed by atoms with E-state index >= 15 is 0 Å². The van der Waals surface area contributed by atoms with Gasteiger partial charge >= 0.3 is 6.03 Å². The van der Waals surface area contributed by atoms with E-state index in [-0.39, 0.29) is 25.6 Å². The molecule has 1 aromatic rings. The Hall–Kier alpha value is -2.46. The summed E-state index contributed by atoms with van der Waals surface area (Å²) in [6.45, 7) is -0.126. The molecule has 1 aromatic carbocycles. The summed E-state index contributed by atoms with van der Waals surface area (Å²) in [4.78, 5) is 38.1. The fraction of sp³-hybridized carbons (Fsp3) is 0.526. The van der Waals surface area contributed by atoms with Gasteiger partial charge in [0, 0.05) is 0 Å². The number of rotatable bonds is 11. The van der Waals surface area contributed by atoms with Crippen molar-refractivity contribution in [3.05, 3.63) is 23.8 Å². The van der Waals surface area contributed by atoms with Crippen molar-refractivity contribution in [1.29, 1.82) is 0 Å². The summed E-state index contributed by atoms with van der Waals surface area (Å²) in [6, 6.07) is 3.27. The number of amides is 4. The molecule has 1 saturated heterocycles. The van der Waals surface area contributed by atoms with Crippen molar-refractivity contribution in [2.24, 2.45) is 0 Å². The highest BCUT2D eigenvalue weighted by Crippen LogP contribution is 2.28. The Balaban J connectivity index is 1.98. The molecule has 1 fully saturated rings. The number of hydrogen-bond acceptors (Lipinski definition) is 7. The highest BCUT2D eigenvalue weighted by molar-refractivity contribution is 7.98. The number of imide groups is 1. The first-order valence-electron chi connectivity index (χ1n) is 9.15. The average Bonchev–Trinajstić information content (AvgIpc) is 2.98. The van der Waals surface area contributed by atoms with Crippen LogP contribution in [-0.2, 0) is 16.1 Å². The number of urea groups is 1. The molecule has 0 radical (unpaired) electrons. The summed E-state index contributed by atoms with van der Waals surface area (Å²) in [7, 11) is 3.02. The van der Waals surface area contributed by atoms with Crippen LogP contribution >= 0.6 is 11.8 Å². The molecule has 0 spiro atoms. The van der Waals surface area contributed by atoms with E-state index in [2.05, 4.69) is 10.6 Å². The van der Waals surface area contributed by atoms with Gasteiger partial charge in [0.2, 0.25) is 5.91 Å². The molecule has 0 aromatic heterocycles. The summed E-state index contributed by atoms with van der Waals surface area (Å²) < 4.78 is 10.4. The second-order valence-corrected chi connectivity index (χ2v) is 7.53. The van der Waals surface area contributed by atoms with E-state index in [0.29, 0.717) is 23.5 Å². The van der Waals surface area contributed by atoms with Gasteiger partial charge in [-0.1, -0.05) is 6.07 Å². The maximum Gasteiger partial charge on any atom is 0.325 e. The van der Waals surface area contributed by atoms with Crippen LogP contribution in [0.3, 0.4) is 0 Å². The third-order valence-electron chi connectivity index (χ3n) is 4.54. The third-order valence-corrected chi connectivity index (χ3v) is 5.19. The smallest absolute Gasteiger partial charge is 0.325 e. The summed E-state index contributed by atoms with van der Waals surface area (Å²) in [5, 5.41) is 14.6. The number of aliphatic hydroxyl groups is 1. The van der Waals surface area contributed by atoms with Crippen molar-refractivity contribution in [2.45, 2.75) is 31.5 Å². The Kier molecular flexibility index (Phi) is 8.59. The minimum absolute atomic E-state index is 0.0517. The van der Waals surface area contributed by atoms with Gasteiger partial charge in [0.1, 0.15) is 6.04 Å². The molecule has 29 heavy (non-hydrogen) atoms. The maximum atomic E-state index is 12.6. The normalized spacial score (nSPS) is 17.1. The average molecular weight is 426 g/mol. The SMILES string of the molecule is COc1ccc(CN2C(=O)NC(CC(=O)NC(CO)CCSC)C2=O)cc1OC. The molecule has 1 aliphatic heterocycles. The second kappa shape index (κ2) is 10.9. The van der Waals surface area contributed by atoms with Gasteiger partial charge in [-0.15, -0.1) is 0 Å². The topological polar surface area (TPSA) is 117 Å². The van der Waals surface area contributed by atoms with Crippen molar-refractivity contribution in [3.8, 4) is 11.5 Å². The molecule has 0 aliphatic carbocycles. The van der Waals surface area contributed by atoms with Crippen LogP contribution in [0.2, 0.25) is 0 Å². The van der Waals surface area contributed by atoms with E-state index in [1.54, 1.807) is 30.0 Å². The first-order chi connectivity index (χ1) is 13.9. The van der Waals surface area contributed by atoms with Crippen LogP contribution < -0.4 is 20.1 Å². The lowest BCUT2D eigenvalue weighted by atomic mass is 10.1. The number of carbonyl (C=O) groups is 3. The van der Waals surface area contributed by atoms with Gasteiger partial charge < -0.3 is 25.2 Å². The lowest BCUT2D eigenvalue weighted by Gasteiger charge is -2.17. The fourth-order valence-electron chi connectivity index (χ4n) is 2.97. The van der Waals surface area contributed by atoms with Gasteiger partial charge in [0.05, 0.1) is 39.8 Å². The van der Waals surface area contributed by atoms with Crippen molar-refractivity contribution in [2.75, 3.05) is 32.8 Å². The summed E-state index contributed by atoms with van der Waals surface area (Å²) in [5.74, 6) is 0.974. The van der Waals surface area contributed by atoms with Gasteiger partial charge in [-0.3, -0.25) is 14.5 Å². The standard InChI is InChI=1S/C19H27N3O6S/c1-27-15-5-4-12(8-16(15)28-2)10-22-18(25)14(21-19(22)26)9-17(24)20-13(11-23)6-7-29-3/h4-5,8,13-14,23H,6-7,9-11H2,1-3H3,(H,20,24)(H,21,26). The number of hydrogen-bond donors (Lipinski definition) is 3. The molecule has 9 nitrogen and oxygen atoms in total. The van der Waals surface area contributed by atoms with Crippen LogP contribution in [0.1, 0.15) is 18.4 Å². The lowest BCUT2D eigenvalue weighted by molar-refractivity contribution is -0.131. The predicted octanol–water partition coefficient (Wildman–Crippen LogP) is 0.745. The molecule has 2 atom stereocenters. The number of carbonyl (C=O) groups excluding carboxylic acids is 3. The lowest BCUT2D eigenvalue weighted by Crippen LogP contribution is -2.42. The molecule has 0 bridgehead atoms. The highest BCUT2D eigenvalue weighted by atomic mass is 32.2. The molecule has 2 unspecified atom stereocenters. The monoisotopic (exact) mass is 425 g/mol. The number of thioether (sulfide) groups is 1. The van der Waals surface area contributed by atoms with E-state index < -0.39 is 23.9 Å². The maximum absolute atomic E-state index is 12.6. The Morgan fingerprint density at radius 1 is 1.31 bits per heavy atom. The van der Waals surface area contributed by atoms with Crippen LogP contribution in [0.25, 0.3) is 0 Å². The van der Waals surface area contributed by atoms with Gasteiger partial charge in [-0.2, -0.15) is 11.8 Å². The van der Waals surface area contributed by atoms with Gasteiger partial charge in [0.15, 0.2) is 11.5 Å². The molecule has 0 saturated carbocycles. The van der Waals surface area contributed by atoms with Crippen LogP contribution in [0.5, 0.6) is 11.5 Å². The molecule has 1 heterocycles. The van der Waals surface area contributed by atoms with E-state index in [1.165, 1.54) is 14.2 Å². The van der Waals surface area contributed by atoms with Crippen molar-refractivity contribution in [1.82, 2.24) is 15.5 Å². The molecular weight excluding hydrogens is 398 g/mol. The quantitative estimate of drug-likeness (QED) is 0.448. The van der Waals surface area contributed by atoms with Crippen molar-refractivity contribution < 1.29 is 29.0 Å². The number of ether oxygens (including phenoxy) is 2. The van der Waals surface area contributed by atoms with Crippen LogP contribution in [0.15, 0.2) is 18.2 Å². The Morgan fingerprint density at radius 2 is 2.03 bits per heavy atom. The van der Waals surface area contributed by atoms with E-state index in [1.807, 2.05) is 6.26 Å². The number of nitrogens with one attached hydrogen (secondary N) is 2. The van der Waals surface area contributed by atoms with Crippen LogP contribution in [-0.4, -0.2) is 72.8 Å². The first kappa shape index (κ1) is 22.8. The Bertz CT molecular complexity index is 745. The second-order valence-electron chi connectivity index (χ2n) is 6.55.